The first-order chi connectivity index (χ1) is 5.59. The van der Waals surface area contributed by atoms with Crippen LogP contribution in [0.2, 0.25) is 0 Å². The molecular formula is C7H13N3O2. The van der Waals surface area contributed by atoms with Crippen LogP contribution in [0.1, 0.15) is 13.3 Å². The largest absolute Gasteiger partial charge is 0.354 e. The zero-order chi connectivity index (χ0) is 9.14. The molecule has 0 spiro atoms. The highest BCUT2D eigenvalue weighted by molar-refractivity contribution is 5.84. The van der Waals surface area contributed by atoms with E-state index >= 15 is 0 Å². The summed E-state index contributed by atoms with van der Waals surface area (Å²) in [5.74, 6) is -0.235. The van der Waals surface area contributed by atoms with Crippen LogP contribution in [0.15, 0.2) is 0 Å². The predicted molar refractivity (Wildman–Crippen MR) is 43.2 cm³/mol. The van der Waals surface area contributed by atoms with Gasteiger partial charge in [0.15, 0.2) is 0 Å². The van der Waals surface area contributed by atoms with Crippen molar-refractivity contribution >= 4 is 11.8 Å². The molecule has 0 saturated carbocycles. The summed E-state index contributed by atoms with van der Waals surface area (Å²) in [7, 11) is 0. The first-order valence-corrected chi connectivity index (χ1v) is 3.92. The summed E-state index contributed by atoms with van der Waals surface area (Å²) in [6.45, 7) is 2.12. The first-order valence-electron chi connectivity index (χ1n) is 3.92. The van der Waals surface area contributed by atoms with Crippen molar-refractivity contribution in [2.24, 2.45) is 5.73 Å². The number of amides is 2. The van der Waals surface area contributed by atoms with E-state index in [0.29, 0.717) is 13.0 Å². The monoisotopic (exact) mass is 171 g/mol. The van der Waals surface area contributed by atoms with Crippen molar-refractivity contribution in [3.63, 3.8) is 0 Å². The van der Waals surface area contributed by atoms with Gasteiger partial charge in [0, 0.05) is 13.0 Å². The molecular weight excluding hydrogens is 158 g/mol. The summed E-state index contributed by atoms with van der Waals surface area (Å²) in [5, 5.41) is 5.28. The fourth-order valence-corrected chi connectivity index (χ4v) is 1.04. The summed E-state index contributed by atoms with van der Waals surface area (Å²) in [6.07, 6.45) is 0.360. The number of rotatable bonds is 2. The van der Waals surface area contributed by atoms with Crippen molar-refractivity contribution in [1.82, 2.24) is 10.6 Å². The van der Waals surface area contributed by atoms with Crippen LogP contribution in [-0.2, 0) is 9.59 Å². The Morgan fingerprint density at radius 1 is 1.83 bits per heavy atom. The summed E-state index contributed by atoms with van der Waals surface area (Å²) in [4.78, 5) is 21.7. The Balaban J connectivity index is 2.32. The predicted octanol–water partition coefficient (Wildman–Crippen LogP) is -1.66. The Morgan fingerprint density at radius 2 is 2.50 bits per heavy atom. The third-order valence-electron chi connectivity index (χ3n) is 1.74. The maximum atomic E-state index is 11.0. The topological polar surface area (TPSA) is 84.2 Å². The number of nitrogens with one attached hydrogen (secondary N) is 2. The summed E-state index contributed by atoms with van der Waals surface area (Å²) >= 11 is 0. The zero-order valence-electron chi connectivity index (χ0n) is 6.96. The molecule has 4 N–H and O–H groups in total. The smallest absolute Gasteiger partial charge is 0.236 e. The number of hydrogen-bond acceptors (Lipinski definition) is 3. The van der Waals surface area contributed by atoms with Crippen molar-refractivity contribution in [2.45, 2.75) is 25.4 Å². The van der Waals surface area contributed by atoms with E-state index in [9.17, 15) is 9.59 Å². The van der Waals surface area contributed by atoms with Gasteiger partial charge in [-0.05, 0) is 6.92 Å². The molecule has 68 valence electrons. The maximum Gasteiger partial charge on any atom is 0.236 e. The van der Waals surface area contributed by atoms with Gasteiger partial charge >= 0.3 is 0 Å². The molecule has 0 aromatic rings. The van der Waals surface area contributed by atoms with Crippen molar-refractivity contribution in [2.75, 3.05) is 6.54 Å². The van der Waals surface area contributed by atoms with Crippen molar-refractivity contribution in [3.8, 4) is 0 Å². The minimum absolute atomic E-state index is 0.0232. The first kappa shape index (κ1) is 8.99. The Morgan fingerprint density at radius 3 is 2.92 bits per heavy atom. The molecule has 5 heteroatoms. The number of nitrogens with two attached hydrogens (primary N) is 1. The molecule has 1 fully saturated rings. The third kappa shape index (κ3) is 2.20. The molecule has 1 aliphatic heterocycles. The van der Waals surface area contributed by atoms with E-state index in [0.717, 1.165) is 0 Å². The zero-order valence-corrected chi connectivity index (χ0v) is 6.96. The van der Waals surface area contributed by atoms with Gasteiger partial charge in [0.25, 0.3) is 0 Å². The molecule has 2 unspecified atom stereocenters. The van der Waals surface area contributed by atoms with E-state index in [-0.39, 0.29) is 17.9 Å². The third-order valence-corrected chi connectivity index (χ3v) is 1.74. The van der Waals surface area contributed by atoms with Crippen molar-refractivity contribution in [3.05, 3.63) is 0 Å². The van der Waals surface area contributed by atoms with Crippen molar-refractivity contribution in [1.29, 1.82) is 0 Å². The summed E-state index contributed by atoms with van der Waals surface area (Å²) in [6, 6.07) is -0.600. The highest BCUT2D eigenvalue weighted by Crippen LogP contribution is 1.98. The van der Waals surface area contributed by atoms with Crippen LogP contribution in [0, 0.1) is 0 Å². The van der Waals surface area contributed by atoms with E-state index in [2.05, 4.69) is 10.6 Å². The van der Waals surface area contributed by atoms with Crippen LogP contribution in [0.3, 0.4) is 0 Å². The normalized spacial score (nSPS) is 24.8. The Kier molecular flexibility index (Phi) is 2.65. The molecule has 0 bridgehead atoms. The second-order valence-corrected chi connectivity index (χ2v) is 3.00. The van der Waals surface area contributed by atoms with Gasteiger partial charge in [-0.3, -0.25) is 9.59 Å². The van der Waals surface area contributed by atoms with Gasteiger partial charge in [-0.1, -0.05) is 0 Å². The molecule has 1 rings (SSSR count). The van der Waals surface area contributed by atoms with Crippen LogP contribution in [0.4, 0.5) is 0 Å². The van der Waals surface area contributed by atoms with E-state index in [4.69, 9.17) is 5.73 Å². The molecule has 1 heterocycles. The molecule has 0 aromatic carbocycles. The Bertz CT molecular complexity index is 203. The van der Waals surface area contributed by atoms with E-state index < -0.39 is 6.04 Å². The van der Waals surface area contributed by atoms with Gasteiger partial charge in [0.2, 0.25) is 11.8 Å². The minimum Gasteiger partial charge on any atom is -0.354 e. The molecule has 0 aromatic heterocycles. The molecule has 1 aliphatic rings. The van der Waals surface area contributed by atoms with Crippen molar-refractivity contribution < 1.29 is 9.59 Å². The van der Waals surface area contributed by atoms with Gasteiger partial charge in [-0.25, -0.2) is 0 Å². The van der Waals surface area contributed by atoms with Crippen LogP contribution < -0.4 is 16.4 Å². The highest BCUT2D eigenvalue weighted by atomic mass is 16.2. The second kappa shape index (κ2) is 3.53. The molecule has 0 aliphatic carbocycles. The molecule has 12 heavy (non-hydrogen) atoms. The lowest BCUT2D eigenvalue weighted by atomic mass is 10.2. The van der Waals surface area contributed by atoms with Crippen LogP contribution in [0.25, 0.3) is 0 Å². The van der Waals surface area contributed by atoms with Crippen LogP contribution in [-0.4, -0.2) is 30.4 Å². The van der Waals surface area contributed by atoms with Gasteiger partial charge in [-0.2, -0.15) is 0 Å². The van der Waals surface area contributed by atoms with E-state index in [1.54, 1.807) is 6.92 Å². The lowest BCUT2D eigenvalue weighted by Gasteiger charge is -2.11. The van der Waals surface area contributed by atoms with Gasteiger partial charge < -0.3 is 16.4 Å². The Hall–Kier alpha value is -1.10. The lowest BCUT2D eigenvalue weighted by Crippen LogP contribution is -2.44. The Labute approximate surface area is 70.7 Å². The van der Waals surface area contributed by atoms with Gasteiger partial charge in [-0.15, -0.1) is 0 Å². The number of carbonyl (C=O) groups excluding carboxylic acids is 2. The molecule has 5 nitrogen and oxygen atoms in total. The van der Waals surface area contributed by atoms with Gasteiger partial charge in [0.05, 0.1) is 12.1 Å². The standard InChI is InChI=1S/C7H13N3O2/c1-4(8)7(12)10-5-2-6(11)9-3-5/h4-5H,2-3,8H2,1H3,(H,9,11)(H,10,12). The lowest BCUT2D eigenvalue weighted by molar-refractivity contribution is -0.122. The SMILES string of the molecule is CC(N)C(=O)NC1CNC(=O)C1. The molecule has 0 radical (unpaired) electrons. The summed E-state index contributed by atoms with van der Waals surface area (Å²) in [5.41, 5.74) is 5.33. The van der Waals surface area contributed by atoms with Gasteiger partial charge in [0.1, 0.15) is 0 Å². The fourth-order valence-electron chi connectivity index (χ4n) is 1.04. The number of carbonyl (C=O) groups is 2. The quantitative estimate of drug-likeness (QED) is 0.465. The molecule has 2 amide bonds. The maximum absolute atomic E-state index is 11.0. The second-order valence-electron chi connectivity index (χ2n) is 3.00. The average molecular weight is 171 g/mol. The summed E-state index contributed by atoms with van der Waals surface area (Å²) < 4.78 is 0. The van der Waals surface area contributed by atoms with Crippen LogP contribution >= 0.6 is 0 Å². The molecule has 1 saturated heterocycles. The average Bonchev–Trinajstić information content (AvgIpc) is 2.35. The van der Waals surface area contributed by atoms with Crippen LogP contribution in [0.5, 0.6) is 0 Å². The van der Waals surface area contributed by atoms with E-state index in [1.807, 2.05) is 0 Å². The van der Waals surface area contributed by atoms with E-state index in [1.165, 1.54) is 0 Å². The minimum atomic E-state index is -0.513. The fraction of sp³-hybridized carbons (Fsp3) is 0.714. The highest BCUT2D eigenvalue weighted by Gasteiger charge is 2.23. The number of hydrogen-bond donors (Lipinski definition) is 3. The molecule has 2 atom stereocenters.